The van der Waals surface area contributed by atoms with Crippen LogP contribution in [0, 0.1) is 0 Å². The normalized spacial score (nSPS) is 11.2. The van der Waals surface area contributed by atoms with Crippen LogP contribution in [0.4, 0.5) is 0 Å². The number of hydrogen-bond acceptors (Lipinski definition) is 5. The van der Waals surface area contributed by atoms with E-state index in [0.717, 1.165) is 16.8 Å². The number of benzene rings is 3. The van der Waals surface area contributed by atoms with Gasteiger partial charge in [0.1, 0.15) is 5.75 Å². The first kappa shape index (κ1) is 18.8. The number of carbonyl (C=O) groups is 2. The lowest BCUT2D eigenvalue weighted by molar-refractivity contribution is -0.124. The summed E-state index contributed by atoms with van der Waals surface area (Å²) in [5.41, 5.74) is 5.35. The third-order valence-corrected chi connectivity index (χ3v) is 3.99. The molecule has 0 bridgehead atoms. The molecule has 140 valence electrons. The summed E-state index contributed by atoms with van der Waals surface area (Å²) in [6.45, 7) is 0. The summed E-state index contributed by atoms with van der Waals surface area (Å²) < 4.78 is 0. The molecule has 4 N–H and O–H groups in total. The van der Waals surface area contributed by atoms with Crippen LogP contribution in [0.2, 0.25) is 0 Å². The van der Waals surface area contributed by atoms with Gasteiger partial charge in [0, 0.05) is 17.2 Å². The van der Waals surface area contributed by atoms with Crippen molar-refractivity contribution in [2.75, 3.05) is 0 Å². The number of nitrogens with one attached hydrogen (secondary N) is 2. The predicted molar refractivity (Wildman–Crippen MR) is 106 cm³/mol. The number of aromatic hydroxyl groups is 1. The van der Waals surface area contributed by atoms with E-state index in [0.29, 0.717) is 16.7 Å². The molecule has 0 aliphatic rings. The smallest absolute Gasteiger partial charge is 0.271 e. The predicted octanol–water partition coefficient (Wildman–Crippen LogP) is 2.83. The molecule has 3 aromatic rings. The lowest BCUT2D eigenvalue weighted by Gasteiger charge is -2.05. The molecule has 0 unspecified atom stereocenters. The van der Waals surface area contributed by atoms with E-state index in [1.54, 1.807) is 36.4 Å². The Morgan fingerprint density at radius 2 is 1.82 bits per heavy atom. The van der Waals surface area contributed by atoms with Gasteiger partial charge in [-0.3, -0.25) is 14.8 Å². The Hall–Kier alpha value is -3.97. The fraction of sp³-hybridized carbons (Fsp3) is 0. The molecule has 7 nitrogen and oxygen atoms in total. The number of amides is 2. The molecule has 0 aliphatic carbocycles. The van der Waals surface area contributed by atoms with Crippen molar-refractivity contribution in [2.24, 2.45) is 5.10 Å². The maximum Gasteiger partial charge on any atom is 0.271 e. The number of nitrogens with zero attached hydrogens (tertiary/aromatic N) is 1. The first-order valence-corrected chi connectivity index (χ1v) is 8.35. The quantitative estimate of drug-likeness (QED) is 0.238. The van der Waals surface area contributed by atoms with E-state index in [4.69, 9.17) is 5.21 Å². The highest BCUT2D eigenvalue weighted by atomic mass is 16.5. The first-order valence-electron chi connectivity index (χ1n) is 8.35. The lowest BCUT2D eigenvalue weighted by Crippen LogP contribution is -2.17. The van der Waals surface area contributed by atoms with E-state index in [9.17, 15) is 14.7 Å². The van der Waals surface area contributed by atoms with Crippen LogP contribution in [0.1, 0.15) is 21.5 Å². The molecule has 2 amide bonds. The van der Waals surface area contributed by atoms with Crippen molar-refractivity contribution < 1.29 is 19.9 Å². The third kappa shape index (κ3) is 4.40. The number of rotatable bonds is 5. The molecular formula is C21H17N3O4. The Morgan fingerprint density at radius 3 is 2.64 bits per heavy atom. The zero-order valence-corrected chi connectivity index (χ0v) is 14.7. The Bertz CT molecular complexity index is 1090. The van der Waals surface area contributed by atoms with Crippen LogP contribution in [0.3, 0.4) is 0 Å². The number of phenols is 1. The fourth-order valence-corrected chi connectivity index (χ4v) is 2.63. The molecule has 0 saturated heterocycles. The first-order chi connectivity index (χ1) is 13.6. The highest BCUT2D eigenvalue weighted by Gasteiger charge is 2.06. The maximum atomic E-state index is 12.3. The van der Waals surface area contributed by atoms with Gasteiger partial charge in [0.25, 0.3) is 11.8 Å². The van der Waals surface area contributed by atoms with Gasteiger partial charge in [-0.1, -0.05) is 42.5 Å². The van der Waals surface area contributed by atoms with Gasteiger partial charge in [0.2, 0.25) is 0 Å². The number of phenolic OH excluding ortho intramolecular Hbond substituents is 1. The van der Waals surface area contributed by atoms with Gasteiger partial charge in [-0.15, -0.1) is 0 Å². The van der Waals surface area contributed by atoms with Gasteiger partial charge in [0.05, 0.1) is 6.21 Å². The van der Waals surface area contributed by atoms with Crippen LogP contribution in [0.5, 0.6) is 5.75 Å². The molecule has 0 aliphatic heterocycles. The van der Waals surface area contributed by atoms with Gasteiger partial charge in [-0.05, 0) is 40.6 Å². The van der Waals surface area contributed by atoms with E-state index in [-0.39, 0.29) is 5.75 Å². The van der Waals surface area contributed by atoms with Crippen LogP contribution in [-0.2, 0) is 4.79 Å². The van der Waals surface area contributed by atoms with Gasteiger partial charge < -0.3 is 5.11 Å². The minimum absolute atomic E-state index is 0.0611. The SMILES string of the molecule is O=C(C=Cc1cccc(C(=O)NN=Cc2c(O)ccc3ccccc23)c1)NO. The van der Waals surface area contributed by atoms with Crippen LogP contribution in [0.25, 0.3) is 16.8 Å². The molecule has 3 rings (SSSR count). The second kappa shape index (κ2) is 8.61. The van der Waals surface area contributed by atoms with Crippen molar-refractivity contribution in [3.63, 3.8) is 0 Å². The molecule has 3 aromatic carbocycles. The topological polar surface area (TPSA) is 111 Å². The van der Waals surface area contributed by atoms with E-state index in [1.165, 1.54) is 17.8 Å². The Morgan fingerprint density at radius 1 is 1.00 bits per heavy atom. The highest BCUT2D eigenvalue weighted by Crippen LogP contribution is 2.25. The van der Waals surface area contributed by atoms with Crippen molar-refractivity contribution in [2.45, 2.75) is 0 Å². The molecule has 0 saturated carbocycles. The van der Waals surface area contributed by atoms with Crippen molar-refractivity contribution in [3.05, 3.63) is 83.4 Å². The van der Waals surface area contributed by atoms with Gasteiger partial charge in [0.15, 0.2) is 0 Å². The maximum absolute atomic E-state index is 12.3. The summed E-state index contributed by atoms with van der Waals surface area (Å²) in [5, 5.41) is 24.3. The zero-order chi connectivity index (χ0) is 19.9. The van der Waals surface area contributed by atoms with E-state index >= 15 is 0 Å². The van der Waals surface area contributed by atoms with Gasteiger partial charge in [-0.25, -0.2) is 10.9 Å². The molecular weight excluding hydrogens is 358 g/mol. The molecule has 0 aromatic heterocycles. The monoisotopic (exact) mass is 375 g/mol. The average Bonchev–Trinajstić information content (AvgIpc) is 2.73. The van der Waals surface area contributed by atoms with Crippen LogP contribution >= 0.6 is 0 Å². The van der Waals surface area contributed by atoms with E-state index < -0.39 is 11.8 Å². The van der Waals surface area contributed by atoms with Crippen molar-refractivity contribution in [1.29, 1.82) is 0 Å². The number of hydrogen-bond donors (Lipinski definition) is 4. The molecule has 0 heterocycles. The number of fused-ring (bicyclic) bond motifs is 1. The zero-order valence-electron chi connectivity index (χ0n) is 14.7. The molecule has 7 heteroatoms. The minimum atomic E-state index is -0.672. The standard InChI is InChI=1S/C21H17N3O4/c25-19-10-9-15-5-1-2-7-17(15)18(19)13-22-23-21(27)16-6-3-4-14(12-16)8-11-20(26)24-28/h1-13,25,28H,(H,23,27)(H,24,26). The number of carbonyl (C=O) groups excluding carboxylic acids is 2. The number of hydrazone groups is 1. The molecule has 0 radical (unpaired) electrons. The second-order valence-electron chi connectivity index (χ2n) is 5.85. The minimum Gasteiger partial charge on any atom is -0.507 e. The number of hydroxylamine groups is 1. The van der Waals surface area contributed by atoms with Crippen molar-refractivity contribution in [1.82, 2.24) is 10.9 Å². The summed E-state index contributed by atoms with van der Waals surface area (Å²) in [7, 11) is 0. The second-order valence-corrected chi connectivity index (χ2v) is 5.85. The molecule has 0 atom stereocenters. The summed E-state index contributed by atoms with van der Waals surface area (Å²) in [6.07, 6.45) is 3.99. The van der Waals surface area contributed by atoms with Crippen molar-refractivity contribution >= 4 is 34.9 Å². The van der Waals surface area contributed by atoms with Crippen LogP contribution < -0.4 is 10.9 Å². The van der Waals surface area contributed by atoms with E-state index in [2.05, 4.69) is 10.5 Å². The van der Waals surface area contributed by atoms with Crippen LogP contribution in [-0.4, -0.2) is 28.3 Å². The summed E-state index contributed by atoms with van der Waals surface area (Å²) in [4.78, 5) is 23.3. The largest absolute Gasteiger partial charge is 0.507 e. The van der Waals surface area contributed by atoms with Gasteiger partial charge in [-0.2, -0.15) is 5.10 Å². The Balaban J connectivity index is 1.75. The molecule has 0 fully saturated rings. The Kier molecular flexibility index (Phi) is 5.78. The summed E-state index contributed by atoms with van der Waals surface area (Å²) in [6, 6.07) is 17.4. The molecule has 0 spiro atoms. The lowest BCUT2D eigenvalue weighted by atomic mass is 10.0. The summed E-state index contributed by atoms with van der Waals surface area (Å²) in [5.74, 6) is -1.06. The summed E-state index contributed by atoms with van der Waals surface area (Å²) >= 11 is 0. The molecule has 28 heavy (non-hydrogen) atoms. The van der Waals surface area contributed by atoms with E-state index in [1.807, 2.05) is 24.3 Å². The highest BCUT2D eigenvalue weighted by molar-refractivity contribution is 6.03. The Labute approximate surface area is 160 Å². The van der Waals surface area contributed by atoms with Crippen molar-refractivity contribution in [3.8, 4) is 5.75 Å². The van der Waals surface area contributed by atoms with Crippen LogP contribution in [0.15, 0.2) is 71.8 Å². The third-order valence-electron chi connectivity index (χ3n) is 3.99. The fourth-order valence-electron chi connectivity index (χ4n) is 2.63. The van der Waals surface area contributed by atoms with Gasteiger partial charge >= 0.3 is 0 Å². The average molecular weight is 375 g/mol.